The van der Waals surface area contributed by atoms with Gasteiger partial charge in [-0.15, -0.1) is 11.8 Å². The van der Waals surface area contributed by atoms with Gasteiger partial charge in [-0.05, 0) is 18.1 Å². The van der Waals surface area contributed by atoms with E-state index in [9.17, 15) is 9.59 Å². The van der Waals surface area contributed by atoms with Gasteiger partial charge < -0.3 is 10.4 Å². The molecule has 2 N–H and O–H groups in total. The number of hydrogen-bond donors (Lipinski definition) is 2. The molecule has 0 aromatic carbocycles. The van der Waals surface area contributed by atoms with Crippen molar-refractivity contribution in [2.24, 2.45) is 5.92 Å². The third-order valence-corrected chi connectivity index (χ3v) is 3.53. The minimum absolute atomic E-state index is 0.0206. The van der Waals surface area contributed by atoms with Gasteiger partial charge in [0.25, 0.3) is 0 Å². The Bertz CT molecular complexity index is 231. The lowest BCUT2D eigenvalue weighted by Gasteiger charge is -2.18. The van der Waals surface area contributed by atoms with Gasteiger partial charge in [-0.25, -0.2) is 0 Å². The van der Waals surface area contributed by atoms with Gasteiger partial charge in [0.1, 0.15) is 0 Å². The van der Waals surface area contributed by atoms with E-state index in [1.165, 1.54) is 0 Å². The molecule has 0 saturated heterocycles. The molecule has 0 bridgehead atoms. The topological polar surface area (TPSA) is 66.4 Å². The Labute approximate surface area is 101 Å². The Hall–Kier alpha value is -0.710. The fourth-order valence-corrected chi connectivity index (χ4v) is 2.28. The van der Waals surface area contributed by atoms with E-state index in [0.29, 0.717) is 18.9 Å². The first kappa shape index (κ1) is 15.3. The molecule has 0 saturated carbocycles. The van der Waals surface area contributed by atoms with Crippen LogP contribution >= 0.6 is 11.8 Å². The molecule has 0 aromatic heterocycles. The third-order valence-electron chi connectivity index (χ3n) is 2.08. The van der Waals surface area contributed by atoms with Crippen LogP contribution in [0, 0.1) is 5.92 Å². The van der Waals surface area contributed by atoms with Crippen LogP contribution < -0.4 is 5.32 Å². The monoisotopic (exact) mass is 247 g/mol. The maximum atomic E-state index is 11.7. The SMILES string of the molecule is CCSC(C(=O)NCCCC(=O)O)C(C)C. The van der Waals surface area contributed by atoms with Crippen molar-refractivity contribution in [3.8, 4) is 0 Å². The van der Waals surface area contributed by atoms with Crippen LogP contribution in [0.3, 0.4) is 0 Å². The second-order valence-electron chi connectivity index (χ2n) is 3.91. The summed E-state index contributed by atoms with van der Waals surface area (Å²) < 4.78 is 0. The van der Waals surface area contributed by atoms with Crippen LogP contribution in [0.1, 0.15) is 33.6 Å². The lowest BCUT2D eigenvalue weighted by molar-refractivity contribution is -0.137. The summed E-state index contributed by atoms with van der Waals surface area (Å²) >= 11 is 1.63. The zero-order valence-corrected chi connectivity index (χ0v) is 11.0. The molecule has 1 atom stereocenters. The maximum Gasteiger partial charge on any atom is 0.303 e. The van der Waals surface area contributed by atoms with Crippen LogP contribution in [0.4, 0.5) is 0 Å². The van der Waals surface area contributed by atoms with Crippen molar-refractivity contribution in [1.29, 1.82) is 0 Å². The van der Waals surface area contributed by atoms with Crippen LogP contribution in [0.25, 0.3) is 0 Å². The van der Waals surface area contributed by atoms with Crippen molar-refractivity contribution in [3.63, 3.8) is 0 Å². The molecular formula is C11H21NO3S. The van der Waals surface area contributed by atoms with E-state index in [2.05, 4.69) is 5.32 Å². The first-order valence-corrected chi connectivity index (χ1v) is 6.65. The van der Waals surface area contributed by atoms with Gasteiger partial charge in [0.15, 0.2) is 0 Å². The van der Waals surface area contributed by atoms with Crippen LogP contribution in [0.2, 0.25) is 0 Å². The molecular weight excluding hydrogens is 226 g/mol. The van der Waals surface area contributed by atoms with Gasteiger partial charge in [0.05, 0.1) is 5.25 Å². The summed E-state index contributed by atoms with van der Waals surface area (Å²) in [6.45, 7) is 6.50. The highest BCUT2D eigenvalue weighted by molar-refractivity contribution is 8.00. The first-order chi connectivity index (χ1) is 7.49. The molecule has 0 aromatic rings. The van der Waals surface area contributed by atoms with Gasteiger partial charge in [-0.1, -0.05) is 20.8 Å². The van der Waals surface area contributed by atoms with Gasteiger partial charge in [0, 0.05) is 13.0 Å². The minimum Gasteiger partial charge on any atom is -0.481 e. The summed E-state index contributed by atoms with van der Waals surface area (Å²) in [5.74, 6) is 0.403. The molecule has 0 rings (SSSR count). The van der Waals surface area contributed by atoms with E-state index < -0.39 is 5.97 Å². The quantitative estimate of drug-likeness (QED) is 0.641. The van der Waals surface area contributed by atoms with E-state index in [-0.39, 0.29) is 17.6 Å². The van der Waals surface area contributed by atoms with E-state index in [0.717, 1.165) is 5.75 Å². The van der Waals surface area contributed by atoms with Crippen LogP contribution in [0.5, 0.6) is 0 Å². The number of hydrogen-bond acceptors (Lipinski definition) is 3. The number of thioether (sulfide) groups is 1. The zero-order valence-electron chi connectivity index (χ0n) is 10.2. The lowest BCUT2D eigenvalue weighted by atomic mass is 10.1. The van der Waals surface area contributed by atoms with Crippen LogP contribution in [-0.2, 0) is 9.59 Å². The number of carboxylic acid groups (broad SMARTS) is 1. The zero-order chi connectivity index (χ0) is 12.6. The number of carbonyl (C=O) groups is 2. The molecule has 0 aliphatic rings. The molecule has 0 heterocycles. The van der Waals surface area contributed by atoms with Gasteiger partial charge >= 0.3 is 5.97 Å². The maximum absolute atomic E-state index is 11.7. The number of aliphatic carboxylic acids is 1. The van der Waals surface area contributed by atoms with Gasteiger partial charge in [-0.3, -0.25) is 9.59 Å². The molecule has 0 radical (unpaired) electrons. The number of amides is 1. The van der Waals surface area contributed by atoms with Crippen LogP contribution in [0.15, 0.2) is 0 Å². The van der Waals surface area contributed by atoms with Crippen LogP contribution in [-0.4, -0.2) is 34.5 Å². The summed E-state index contributed by atoms with van der Waals surface area (Å²) in [5.41, 5.74) is 0. The second kappa shape index (κ2) is 8.44. The molecule has 4 nitrogen and oxygen atoms in total. The summed E-state index contributed by atoms with van der Waals surface area (Å²) in [4.78, 5) is 22.0. The smallest absolute Gasteiger partial charge is 0.303 e. The summed E-state index contributed by atoms with van der Waals surface area (Å²) in [6.07, 6.45) is 0.593. The van der Waals surface area contributed by atoms with Crippen molar-refractivity contribution < 1.29 is 14.7 Å². The molecule has 1 unspecified atom stereocenters. The summed E-state index contributed by atoms with van der Waals surface area (Å²) in [6, 6.07) is 0. The highest BCUT2D eigenvalue weighted by Crippen LogP contribution is 2.19. The molecule has 16 heavy (non-hydrogen) atoms. The van der Waals surface area contributed by atoms with Crippen molar-refractivity contribution in [2.45, 2.75) is 38.9 Å². The predicted molar refractivity (Wildman–Crippen MR) is 66.6 cm³/mol. The first-order valence-electron chi connectivity index (χ1n) is 5.60. The fraction of sp³-hybridized carbons (Fsp3) is 0.818. The minimum atomic E-state index is -0.822. The van der Waals surface area contributed by atoms with Crippen molar-refractivity contribution in [2.75, 3.05) is 12.3 Å². The largest absolute Gasteiger partial charge is 0.481 e. The Balaban J connectivity index is 3.87. The van der Waals surface area contributed by atoms with Gasteiger partial charge in [-0.2, -0.15) is 0 Å². The molecule has 0 spiro atoms. The Kier molecular flexibility index (Phi) is 8.07. The van der Waals surface area contributed by atoms with Crippen molar-refractivity contribution in [1.82, 2.24) is 5.32 Å². The lowest BCUT2D eigenvalue weighted by Crippen LogP contribution is -2.36. The second-order valence-corrected chi connectivity index (χ2v) is 5.33. The molecule has 94 valence electrons. The van der Waals surface area contributed by atoms with E-state index in [1.54, 1.807) is 11.8 Å². The van der Waals surface area contributed by atoms with Crippen molar-refractivity contribution in [3.05, 3.63) is 0 Å². The molecule has 0 fully saturated rings. The Morgan fingerprint density at radius 1 is 1.38 bits per heavy atom. The predicted octanol–water partition coefficient (Wildman–Crippen LogP) is 1.75. The summed E-state index contributed by atoms with van der Waals surface area (Å²) in [7, 11) is 0. The van der Waals surface area contributed by atoms with Crippen molar-refractivity contribution >= 4 is 23.6 Å². The molecule has 0 aliphatic carbocycles. The molecule has 1 amide bonds. The highest BCUT2D eigenvalue weighted by Gasteiger charge is 2.21. The third kappa shape index (κ3) is 6.71. The normalized spacial score (nSPS) is 12.5. The van der Waals surface area contributed by atoms with Gasteiger partial charge in [0.2, 0.25) is 5.91 Å². The average Bonchev–Trinajstić information content (AvgIpc) is 2.19. The molecule has 5 heteroatoms. The average molecular weight is 247 g/mol. The number of nitrogens with one attached hydrogen (secondary N) is 1. The summed E-state index contributed by atoms with van der Waals surface area (Å²) in [5, 5.41) is 11.2. The standard InChI is InChI=1S/C11H21NO3S/c1-4-16-10(8(2)3)11(15)12-7-5-6-9(13)14/h8,10H,4-7H2,1-3H3,(H,12,15)(H,13,14). The Morgan fingerprint density at radius 3 is 2.44 bits per heavy atom. The number of carboxylic acids is 1. The van der Waals surface area contributed by atoms with E-state index in [4.69, 9.17) is 5.11 Å². The van der Waals surface area contributed by atoms with E-state index >= 15 is 0 Å². The molecule has 0 aliphatic heterocycles. The van der Waals surface area contributed by atoms with E-state index in [1.807, 2.05) is 20.8 Å². The number of rotatable bonds is 8. The highest BCUT2D eigenvalue weighted by atomic mass is 32.2. The Morgan fingerprint density at radius 2 is 2.00 bits per heavy atom. The number of carbonyl (C=O) groups excluding carboxylic acids is 1. The fourth-order valence-electron chi connectivity index (χ4n) is 1.30.